The van der Waals surface area contributed by atoms with Crippen molar-refractivity contribution in [3.05, 3.63) is 0 Å². The smallest absolute Gasteiger partial charge is 0.136 e. The lowest BCUT2D eigenvalue weighted by Crippen LogP contribution is -2.24. The summed E-state index contributed by atoms with van der Waals surface area (Å²) in [4.78, 5) is 12.0. The molecule has 2 nitrogen and oxygen atoms in total. The lowest BCUT2D eigenvalue weighted by Gasteiger charge is -2.22. The van der Waals surface area contributed by atoms with Crippen LogP contribution < -0.4 is 0 Å². The molecule has 2 heteroatoms. The van der Waals surface area contributed by atoms with Crippen molar-refractivity contribution in [3.63, 3.8) is 0 Å². The van der Waals surface area contributed by atoms with E-state index in [1.54, 1.807) is 0 Å². The van der Waals surface area contributed by atoms with E-state index in [1.807, 2.05) is 0 Å². The molecule has 0 aromatic heterocycles. The minimum Gasteiger partial charge on any atom is -0.396 e. The molecular weight excluding hydrogens is 188 g/mol. The van der Waals surface area contributed by atoms with Crippen LogP contribution in [0.1, 0.15) is 38.5 Å². The highest BCUT2D eigenvalue weighted by Crippen LogP contribution is 2.84. The van der Waals surface area contributed by atoms with E-state index in [2.05, 4.69) is 0 Å². The zero-order valence-electron chi connectivity index (χ0n) is 9.04. The Morgan fingerprint density at radius 3 is 3.07 bits per heavy atom. The van der Waals surface area contributed by atoms with Crippen molar-refractivity contribution in [1.82, 2.24) is 0 Å². The topological polar surface area (TPSA) is 37.3 Å². The highest BCUT2D eigenvalue weighted by Gasteiger charge is 2.80. The molecule has 4 saturated carbocycles. The molecule has 2 bridgehead atoms. The minimum atomic E-state index is 0.271. The van der Waals surface area contributed by atoms with Crippen LogP contribution in [-0.4, -0.2) is 17.5 Å². The van der Waals surface area contributed by atoms with Crippen LogP contribution in [0.5, 0.6) is 0 Å². The Bertz CT molecular complexity index is 350. The van der Waals surface area contributed by atoms with Gasteiger partial charge in [-0.3, -0.25) is 4.79 Å². The summed E-state index contributed by atoms with van der Waals surface area (Å²) < 4.78 is 0. The number of Topliss-reactive ketones (excluding diaryl/α,β-unsaturated/α-hetero) is 1. The first-order chi connectivity index (χ1) is 7.23. The van der Waals surface area contributed by atoms with Crippen LogP contribution in [-0.2, 0) is 4.79 Å². The molecule has 0 heterocycles. The van der Waals surface area contributed by atoms with Crippen LogP contribution in [0, 0.1) is 28.6 Å². The summed E-state index contributed by atoms with van der Waals surface area (Å²) in [6.45, 7) is 0.384. The van der Waals surface area contributed by atoms with E-state index >= 15 is 0 Å². The molecule has 1 spiro atoms. The third kappa shape index (κ3) is 0.719. The van der Waals surface area contributed by atoms with Gasteiger partial charge < -0.3 is 5.11 Å². The van der Waals surface area contributed by atoms with Crippen molar-refractivity contribution in [1.29, 1.82) is 0 Å². The summed E-state index contributed by atoms with van der Waals surface area (Å²) in [5, 5.41) is 9.70. The van der Waals surface area contributed by atoms with Crippen molar-refractivity contribution in [2.45, 2.75) is 38.5 Å². The fourth-order valence-electron chi connectivity index (χ4n) is 5.64. The summed E-state index contributed by atoms with van der Waals surface area (Å²) in [6.07, 6.45) is 6.69. The largest absolute Gasteiger partial charge is 0.396 e. The van der Waals surface area contributed by atoms with E-state index in [0.29, 0.717) is 35.6 Å². The third-order valence-electron chi connectivity index (χ3n) is 6.35. The molecule has 0 amide bonds. The summed E-state index contributed by atoms with van der Waals surface area (Å²) in [6, 6.07) is 0. The molecule has 0 aliphatic heterocycles. The molecule has 1 N–H and O–H groups in total. The van der Waals surface area contributed by atoms with E-state index < -0.39 is 0 Å². The Kier molecular flexibility index (Phi) is 1.35. The second-order valence-corrected chi connectivity index (χ2v) is 6.34. The molecule has 0 aromatic rings. The first-order valence-corrected chi connectivity index (χ1v) is 6.37. The molecule has 15 heavy (non-hydrogen) atoms. The number of carbonyl (C=O) groups is 1. The first kappa shape index (κ1) is 8.74. The first-order valence-electron chi connectivity index (χ1n) is 6.37. The van der Waals surface area contributed by atoms with E-state index in [4.69, 9.17) is 0 Å². The predicted molar refractivity (Wildman–Crippen MR) is 55.1 cm³/mol. The second-order valence-electron chi connectivity index (χ2n) is 6.34. The number of ketones is 1. The van der Waals surface area contributed by atoms with Crippen molar-refractivity contribution >= 4 is 5.78 Å². The SMILES string of the molecule is O=C1CC[C@@H]2C[C@@H]3[C@H]1CC[C@@]31C[C@@]21CO. The van der Waals surface area contributed by atoms with Crippen molar-refractivity contribution < 1.29 is 9.90 Å². The number of hydrogen-bond donors (Lipinski definition) is 1. The van der Waals surface area contributed by atoms with Gasteiger partial charge in [0.05, 0.1) is 0 Å². The fraction of sp³-hybridized carbons (Fsp3) is 0.923. The molecule has 4 fully saturated rings. The predicted octanol–water partition coefficient (Wildman–Crippen LogP) is 1.76. The zero-order valence-corrected chi connectivity index (χ0v) is 9.04. The molecule has 4 aliphatic carbocycles. The van der Waals surface area contributed by atoms with Gasteiger partial charge in [0.15, 0.2) is 0 Å². The molecule has 5 atom stereocenters. The maximum Gasteiger partial charge on any atom is 0.136 e. The molecule has 0 saturated heterocycles. The molecular formula is C13H18O2. The van der Waals surface area contributed by atoms with Gasteiger partial charge in [-0.1, -0.05) is 0 Å². The van der Waals surface area contributed by atoms with Crippen LogP contribution >= 0.6 is 0 Å². The van der Waals surface area contributed by atoms with Crippen molar-refractivity contribution in [3.8, 4) is 0 Å². The highest BCUT2D eigenvalue weighted by atomic mass is 16.3. The van der Waals surface area contributed by atoms with Crippen LogP contribution in [0.15, 0.2) is 0 Å². The molecule has 82 valence electrons. The number of aliphatic hydroxyl groups is 1. The van der Waals surface area contributed by atoms with Gasteiger partial charge in [-0.2, -0.15) is 0 Å². The summed E-state index contributed by atoms with van der Waals surface area (Å²) in [5.41, 5.74) is 0.695. The maximum atomic E-state index is 12.0. The van der Waals surface area contributed by atoms with Gasteiger partial charge in [0.2, 0.25) is 0 Å². The lowest BCUT2D eigenvalue weighted by atomic mass is 9.83. The van der Waals surface area contributed by atoms with Gasteiger partial charge in [0, 0.05) is 24.4 Å². The number of carbonyl (C=O) groups excluding carboxylic acids is 1. The molecule has 4 aliphatic rings. The molecule has 0 aromatic carbocycles. The summed E-state index contributed by atoms with van der Waals surface area (Å²) in [7, 11) is 0. The quantitative estimate of drug-likeness (QED) is 0.710. The average molecular weight is 206 g/mol. The van der Waals surface area contributed by atoms with E-state index in [1.165, 1.54) is 19.3 Å². The average Bonchev–Trinajstić information content (AvgIpc) is 2.68. The summed E-state index contributed by atoms with van der Waals surface area (Å²) >= 11 is 0. The minimum absolute atomic E-state index is 0.271. The number of fused-ring (bicyclic) bond motifs is 2. The van der Waals surface area contributed by atoms with Gasteiger partial charge in [-0.25, -0.2) is 0 Å². The normalized spacial score (nSPS) is 60.3. The second kappa shape index (κ2) is 2.32. The molecule has 0 unspecified atom stereocenters. The highest BCUT2D eigenvalue weighted by molar-refractivity contribution is 5.82. The Morgan fingerprint density at radius 2 is 2.27 bits per heavy atom. The van der Waals surface area contributed by atoms with Gasteiger partial charge >= 0.3 is 0 Å². The summed E-state index contributed by atoms with van der Waals surface area (Å²) in [5.74, 6) is 2.25. The Morgan fingerprint density at radius 1 is 1.40 bits per heavy atom. The third-order valence-corrected chi connectivity index (χ3v) is 6.35. The molecule has 0 radical (unpaired) electrons. The van der Waals surface area contributed by atoms with Crippen LogP contribution in [0.4, 0.5) is 0 Å². The van der Waals surface area contributed by atoms with Gasteiger partial charge in [-0.05, 0) is 49.4 Å². The van der Waals surface area contributed by atoms with Crippen LogP contribution in [0.25, 0.3) is 0 Å². The van der Waals surface area contributed by atoms with E-state index in [0.717, 1.165) is 19.3 Å². The van der Waals surface area contributed by atoms with Gasteiger partial charge in [0.1, 0.15) is 5.78 Å². The number of hydrogen-bond acceptors (Lipinski definition) is 2. The number of aliphatic hydroxyl groups excluding tert-OH is 1. The lowest BCUT2D eigenvalue weighted by molar-refractivity contribution is -0.124. The fourth-order valence-corrected chi connectivity index (χ4v) is 5.64. The van der Waals surface area contributed by atoms with Gasteiger partial charge in [-0.15, -0.1) is 0 Å². The Hall–Kier alpha value is -0.370. The van der Waals surface area contributed by atoms with Crippen molar-refractivity contribution in [2.24, 2.45) is 28.6 Å². The van der Waals surface area contributed by atoms with E-state index in [-0.39, 0.29) is 5.41 Å². The van der Waals surface area contributed by atoms with E-state index in [9.17, 15) is 9.90 Å². The Balaban J connectivity index is 1.83. The maximum absolute atomic E-state index is 12.0. The van der Waals surface area contributed by atoms with Crippen molar-refractivity contribution in [2.75, 3.05) is 6.61 Å². The van der Waals surface area contributed by atoms with Gasteiger partial charge in [0.25, 0.3) is 0 Å². The number of rotatable bonds is 1. The van der Waals surface area contributed by atoms with Crippen LogP contribution in [0.2, 0.25) is 0 Å². The standard InChI is InChI=1S/C13H18O2/c14-7-13-6-12(13)4-3-9-10(12)5-8(13)1-2-11(9)15/h8-10,14H,1-7H2/t8-,9-,10-,12-,13-/m1/s1. The zero-order chi connectivity index (χ0) is 10.3. The van der Waals surface area contributed by atoms with Crippen LogP contribution in [0.3, 0.4) is 0 Å². The Labute approximate surface area is 90.1 Å². The molecule has 4 rings (SSSR count). The monoisotopic (exact) mass is 206 g/mol.